The first-order chi connectivity index (χ1) is 9.16. The zero-order valence-electron chi connectivity index (χ0n) is 12.8. The zero-order valence-corrected chi connectivity index (χ0v) is 12.8. The lowest BCUT2D eigenvalue weighted by Gasteiger charge is -2.48. The van der Waals surface area contributed by atoms with E-state index in [-0.39, 0.29) is 5.54 Å². The molecule has 0 spiro atoms. The lowest BCUT2D eigenvalue weighted by atomic mass is 9.72. The average molecular weight is 268 g/mol. The Balaban J connectivity index is 2.02. The molecule has 19 heavy (non-hydrogen) atoms. The summed E-state index contributed by atoms with van der Waals surface area (Å²) in [6.07, 6.45) is 7.61. The molecule has 3 nitrogen and oxygen atoms in total. The van der Waals surface area contributed by atoms with Crippen molar-refractivity contribution in [2.45, 2.75) is 57.9 Å². The van der Waals surface area contributed by atoms with Gasteiger partial charge in [0.1, 0.15) is 0 Å². The third-order valence-corrected chi connectivity index (χ3v) is 5.03. The Morgan fingerprint density at radius 3 is 2.84 bits per heavy atom. The number of hydrogen-bond donors (Lipinski definition) is 2. The van der Waals surface area contributed by atoms with E-state index in [0.717, 1.165) is 38.0 Å². The Bertz CT molecular complexity index is 261. The third kappa shape index (κ3) is 3.93. The van der Waals surface area contributed by atoms with Crippen molar-refractivity contribution in [3.63, 3.8) is 0 Å². The quantitative estimate of drug-likeness (QED) is 0.821. The Morgan fingerprint density at radius 2 is 2.11 bits per heavy atom. The van der Waals surface area contributed by atoms with Gasteiger partial charge in [0.05, 0.1) is 6.61 Å². The van der Waals surface area contributed by atoms with Crippen LogP contribution in [0.2, 0.25) is 0 Å². The fraction of sp³-hybridized carbons (Fsp3) is 1.00. The molecular formula is C16H32N2O. The minimum absolute atomic E-state index is 0.0871. The summed E-state index contributed by atoms with van der Waals surface area (Å²) in [5, 5.41) is 13.6. The van der Waals surface area contributed by atoms with Gasteiger partial charge in [-0.15, -0.1) is 0 Å². The Morgan fingerprint density at radius 1 is 1.26 bits per heavy atom. The first-order valence-electron chi connectivity index (χ1n) is 8.23. The molecule has 2 unspecified atom stereocenters. The van der Waals surface area contributed by atoms with E-state index in [0.29, 0.717) is 6.61 Å². The van der Waals surface area contributed by atoms with Crippen molar-refractivity contribution in [1.82, 2.24) is 10.2 Å². The SMILES string of the molecule is CC(C)CC1CCCC(CO)(N2CCCNCC2)C1. The number of rotatable bonds is 4. The van der Waals surface area contributed by atoms with Crippen LogP contribution < -0.4 is 5.32 Å². The molecule has 2 atom stereocenters. The van der Waals surface area contributed by atoms with Crippen LogP contribution in [0.5, 0.6) is 0 Å². The molecule has 3 heteroatoms. The third-order valence-electron chi connectivity index (χ3n) is 5.03. The summed E-state index contributed by atoms with van der Waals surface area (Å²) >= 11 is 0. The normalized spacial score (nSPS) is 34.4. The van der Waals surface area contributed by atoms with Gasteiger partial charge in [-0.25, -0.2) is 0 Å². The van der Waals surface area contributed by atoms with Gasteiger partial charge in [-0.2, -0.15) is 0 Å². The van der Waals surface area contributed by atoms with Crippen molar-refractivity contribution in [3.05, 3.63) is 0 Å². The van der Waals surface area contributed by atoms with Crippen LogP contribution in [-0.2, 0) is 0 Å². The number of nitrogens with one attached hydrogen (secondary N) is 1. The highest BCUT2D eigenvalue weighted by molar-refractivity contribution is 4.96. The lowest BCUT2D eigenvalue weighted by Crippen LogP contribution is -2.55. The number of nitrogens with zero attached hydrogens (tertiary/aromatic N) is 1. The highest BCUT2D eigenvalue weighted by atomic mass is 16.3. The van der Waals surface area contributed by atoms with E-state index in [1.807, 2.05) is 0 Å². The maximum absolute atomic E-state index is 10.1. The molecule has 1 saturated carbocycles. The second kappa shape index (κ2) is 7.05. The number of hydrogen-bond acceptors (Lipinski definition) is 3. The van der Waals surface area contributed by atoms with E-state index in [2.05, 4.69) is 24.1 Å². The van der Waals surface area contributed by atoms with Gasteiger partial charge in [0.15, 0.2) is 0 Å². The van der Waals surface area contributed by atoms with Crippen molar-refractivity contribution in [2.24, 2.45) is 11.8 Å². The van der Waals surface area contributed by atoms with Crippen LogP contribution in [0.1, 0.15) is 52.4 Å². The largest absolute Gasteiger partial charge is 0.394 e. The molecule has 1 aliphatic carbocycles. The van der Waals surface area contributed by atoms with E-state index in [1.54, 1.807) is 0 Å². The second-order valence-electron chi connectivity index (χ2n) is 7.06. The molecule has 0 aromatic heterocycles. The van der Waals surface area contributed by atoms with Crippen molar-refractivity contribution < 1.29 is 5.11 Å². The fourth-order valence-electron chi connectivity index (χ4n) is 4.18. The summed E-state index contributed by atoms with van der Waals surface area (Å²) < 4.78 is 0. The Kier molecular flexibility index (Phi) is 5.67. The summed E-state index contributed by atoms with van der Waals surface area (Å²) in [7, 11) is 0. The summed E-state index contributed by atoms with van der Waals surface area (Å²) in [6, 6.07) is 0. The molecule has 2 fully saturated rings. The van der Waals surface area contributed by atoms with Gasteiger partial charge in [0, 0.05) is 25.2 Å². The topological polar surface area (TPSA) is 35.5 Å². The molecule has 2 aliphatic rings. The average Bonchev–Trinajstić information content (AvgIpc) is 2.67. The van der Waals surface area contributed by atoms with E-state index in [4.69, 9.17) is 0 Å². The highest BCUT2D eigenvalue weighted by Gasteiger charge is 2.40. The van der Waals surface area contributed by atoms with E-state index in [9.17, 15) is 5.11 Å². The van der Waals surface area contributed by atoms with Crippen LogP contribution in [0.3, 0.4) is 0 Å². The molecular weight excluding hydrogens is 236 g/mol. The summed E-state index contributed by atoms with van der Waals surface area (Å²) in [5.41, 5.74) is 0.0871. The van der Waals surface area contributed by atoms with E-state index < -0.39 is 0 Å². The van der Waals surface area contributed by atoms with Gasteiger partial charge in [0.2, 0.25) is 0 Å². The Hall–Kier alpha value is -0.120. The van der Waals surface area contributed by atoms with Crippen LogP contribution in [-0.4, -0.2) is 48.3 Å². The molecule has 1 aliphatic heterocycles. The van der Waals surface area contributed by atoms with Crippen LogP contribution in [0.15, 0.2) is 0 Å². The first-order valence-corrected chi connectivity index (χ1v) is 8.23. The van der Waals surface area contributed by atoms with Gasteiger partial charge < -0.3 is 10.4 Å². The predicted octanol–water partition coefficient (Wildman–Crippen LogP) is 2.25. The number of aliphatic hydroxyl groups is 1. The van der Waals surface area contributed by atoms with Crippen molar-refractivity contribution in [2.75, 3.05) is 32.8 Å². The lowest BCUT2D eigenvalue weighted by molar-refractivity contribution is -0.0146. The van der Waals surface area contributed by atoms with Crippen LogP contribution >= 0.6 is 0 Å². The first kappa shape index (κ1) is 15.3. The van der Waals surface area contributed by atoms with E-state index >= 15 is 0 Å². The molecule has 112 valence electrons. The second-order valence-corrected chi connectivity index (χ2v) is 7.06. The van der Waals surface area contributed by atoms with Gasteiger partial charge in [-0.1, -0.05) is 26.7 Å². The molecule has 0 aromatic carbocycles. The maximum atomic E-state index is 10.1. The maximum Gasteiger partial charge on any atom is 0.0615 e. The molecule has 1 heterocycles. The zero-order chi connectivity index (χ0) is 13.7. The van der Waals surface area contributed by atoms with Gasteiger partial charge in [-0.3, -0.25) is 4.90 Å². The fourth-order valence-corrected chi connectivity index (χ4v) is 4.18. The van der Waals surface area contributed by atoms with Gasteiger partial charge in [-0.05, 0) is 44.1 Å². The van der Waals surface area contributed by atoms with Crippen LogP contribution in [0.25, 0.3) is 0 Å². The number of aliphatic hydroxyl groups excluding tert-OH is 1. The van der Waals surface area contributed by atoms with Crippen LogP contribution in [0, 0.1) is 11.8 Å². The van der Waals surface area contributed by atoms with Crippen molar-refractivity contribution >= 4 is 0 Å². The van der Waals surface area contributed by atoms with Crippen molar-refractivity contribution in [3.8, 4) is 0 Å². The van der Waals surface area contributed by atoms with E-state index in [1.165, 1.54) is 38.5 Å². The summed E-state index contributed by atoms with van der Waals surface area (Å²) in [5.74, 6) is 1.60. The molecule has 0 aromatic rings. The molecule has 2 rings (SSSR count). The van der Waals surface area contributed by atoms with Gasteiger partial charge >= 0.3 is 0 Å². The minimum Gasteiger partial charge on any atom is -0.394 e. The summed E-state index contributed by atoms with van der Waals surface area (Å²) in [6.45, 7) is 9.47. The van der Waals surface area contributed by atoms with Crippen molar-refractivity contribution in [1.29, 1.82) is 0 Å². The molecule has 1 saturated heterocycles. The minimum atomic E-state index is 0.0871. The van der Waals surface area contributed by atoms with Crippen LogP contribution in [0.4, 0.5) is 0 Å². The Labute approximate surface area is 118 Å². The summed E-state index contributed by atoms with van der Waals surface area (Å²) in [4.78, 5) is 2.60. The smallest absolute Gasteiger partial charge is 0.0615 e. The highest BCUT2D eigenvalue weighted by Crippen LogP contribution is 2.39. The molecule has 0 amide bonds. The molecule has 2 N–H and O–H groups in total. The molecule has 0 radical (unpaired) electrons. The van der Waals surface area contributed by atoms with Gasteiger partial charge in [0.25, 0.3) is 0 Å². The standard InChI is InChI=1S/C16H32N2O/c1-14(2)11-15-5-3-6-16(12-15,13-19)18-9-4-7-17-8-10-18/h14-15,17,19H,3-13H2,1-2H3. The molecule has 0 bridgehead atoms. The predicted molar refractivity (Wildman–Crippen MR) is 80.3 cm³/mol. The monoisotopic (exact) mass is 268 g/mol.